The van der Waals surface area contributed by atoms with Crippen LogP contribution in [0, 0.1) is 24.0 Å². The Bertz CT molecular complexity index is 1390. The summed E-state index contributed by atoms with van der Waals surface area (Å²) in [5.74, 6) is -0.980. The smallest absolute Gasteiger partial charge is 0.335 e. The number of urea groups is 1. The van der Waals surface area contributed by atoms with Crippen molar-refractivity contribution in [3.63, 3.8) is 0 Å². The predicted molar refractivity (Wildman–Crippen MR) is 129 cm³/mol. The second-order valence-electron chi connectivity index (χ2n) is 7.82. The van der Waals surface area contributed by atoms with Gasteiger partial charge in [0, 0.05) is 23.5 Å². The number of imide groups is 2. The standard InChI is InChI=1S/C25H22N4O6/c1-4-35-21-10-8-18(9-11-21)28-24(31)22(23(30)26-25(28)32)13-17-12-15(2)27(16(17)3)19-6-5-7-20(14-19)29(33)34/h5-14H,4H2,1-3H3,(H,26,30,32)/b22-13+. The number of non-ortho nitro benzene ring substituents is 1. The molecule has 0 saturated carbocycles. The molecule has 1 saturated heterocycles. The van der Waals surface area contributed by atoms with Crippen LogP contribution in [0.5, 0.6) is 5.75 Å². The van der Waals surface area contributed by atoms with Gasteiger partial charge in [-0.3, -0.25) is 25.0 Å². The maximum absolute atomic E-state index is 13.2. The highest BCUT2D eigenvalue weighted by Crippen LogP contribution is 2.28. The van der Waals surface area contributed by atoms with Crippen LogP contribution in [-0.4, -0.2) is 33.9 Å². The van der Waals surface area contributed by atoms with E-state index in [2.05, 4.69) is 5.32 Å². The molecular weight excluding hydrogens is 452 g/mol. The third kappa shape index (κ3) is 4.41. The van der Waals surface area contributed by atoms with Gasteiger partial charge < -0.3 is 9.30 Å². The van der Waals surface area contributed by atoms with E-state index >= 15 is 0 Å². The molecule has 0 unspecified atom stereocenters. The first-order valence-corrected chi connectivity index (χ1v) is 10.8. The number of anilines is 1. The Morgan fingerprint density at radius 2 is 1.74 bits per heavy atom. The fourth-order valence-electron chi connectivity index (χ4n) is 3.98. The van der Waals surface area contributed by atoms with Gasteiger partial charge in [0.25, 0.3) is 17.5 Å². The van der Waals surface area contributed by atoms with Crippen molar-refractivity contribution in [2.45, 2.75) is 20.8 Å². The number of nitro benzene ring substituents is 1. The van der Waals surface area contributed by atoms with E-state index in [1.165, 1.54) is 18.2 Å². The Balaban J connectivity index is 1.72. The molecule has 0 bridgehead atoms. The summed E-state index contributed by atoms with van der Waals surface area (Å²) in [6.45, 7) is 5.90. The molecule has 4 rings (SSSR count). The number of nitrogens with zero attached hydrogens (tertiary/aromatic N) is 3. The van der Waals surface area contributed by atoms with Crippen LogP contribution in [0.4, 0.5) is 16.2 Å². The second kappa shape index (κ2) is 9.26. The fourth-order valence-corrected chi connectivity index (χ4v) is 3.98. The molecule has 2 heterocycles. The van der Waals surface area contributed by atoms with Gasteiger partial charge in [-0.2, -0.15) is 0 Å². The number of hydrogen-bond acceptors (Lipinski definition) is 6. The van der Waals surface area contributed by atoms with Crippen molar-refractivity contribution in [1.82, 2.24) is 9.88 Å². The zero-order chi connectivity index (χ0) is 25.3. The monoisotopic (exact) mass is 474 g/mol. The molecule has 1 aromatic heterocycles. The molecule has 1 aliphatic rings. The number of hydrogen-bond donors (Lipinski definition) is 1. The summed E-state index contributed by atoms with van der Waals surface area (Å²) < 4.78 is 7.19. The lowest BCUT2D eigenvalue weighted by Crippen LogP contribution is -2.54. The number of nitro groups is 1. The largest absolute Gasteiger partial charge is 0.494 e. The van der Waals surface area contributed by atoms with Crippen LogP contribution in [0.25, 0.3) is 11.8 Å². The van der Waals surface area contributed by atoms with Crippen LogP contribution in [0.3, 0.4) is 0 Å². The molecule has 10 nitrogen and oxygen atoms in total. The fraction of sp³-hybridized carbons (Fsp3) is 0.160. The van der Waals surface area contributed by atoms with Crippen molar-refractivity contribution >= 4 is 35.3 Å². The Morgan fingerprint density at radius 1 is 1.03 bits per heavy atom. The van der Waals surface area contributed by atoms with Crippen molar-refractivity contribution < 1.29 is 24.0 Å². The van der Waals surface area contributed by atoms with Gasteiger partial charge in [-0.1, -0.05) is 6.07 Å². The van der Waals surface area contributed by atoms with E-state index < -0.39 is 22.8 Å². The average Bonchev–Trinajstić information content (AvgIpc) is 3.10. The zero-order valence-electron chi connectivity index (χ0n) is 19.3. The number of benzene rings is 2. The Kier molecular flexibility index (Phi) is 6.20. The van der Waals surface area contributed by atoms with Gasteiger partial charge in [0.15, 0.2) is 0 Å². The lowest BCUT2D eigenvalue weighted by atomic mass is 10.1. The van der Waals surface area contributed by atoms with E-state index in [1.807, 2.05) is 13.8 Å². The van der Waals surface area contributed by atoms with Crippen LogP contribution in [0.1, 0.15) is 23.9 Å². The Hall–Kier alpha value is -4.73. The first-order chi connectivity index (χ1) is 16.7. The van der Waals surface area contributed by atoms with Crippen molar-refractivity contribution in [2.75, 3.05) is 11.5 Å². The number of aryl methyl sites for hydroxylation is 1. The second-order valence-corrected chi connectivity index (χ2v) is 7.82. The number of barbiturate groups is 1. The number of rotatable bonds is 6. The molecule has 35 heavy (non-hydrogen) atoms. The summed E-state index contributed by atoms with van der Waals surface area (Å²) in [7, 11) is 0. The molecule has 10 heteroatoms. The number of ether oxygens (including phenoxy) is 1. The molecule has 4 amide bonds. The van der Waals surface area contributed by atoms with Crippen molar-refractivity contribution in [3.8, 4) is 11.4 Å². The maximum atomic E-state index is 13.2. The molecule has 0 atom stereocenters. The van der Waals surface area contributed by atoms with Crippen molar-refractivity contribution in [3.05, 3.63) is 87.2 Å². The molecule has 1 N–H and O–H groups in total. The van der Waals surface area contributed by atoms with Gasteiger partial charge in [0.1, 0.15) is 11.3 Å². The molecule has 3 aromatic rings. The summed E-state index contributed by atoms with van der Waals surface area (Å²) in [6.07, 6.45) is 1.42. The minimum Gasteiger partial charge on any atom is -0.494 e. The average molecular weight is 474 g/mol. The molecule has 2 aromatic carbocycles. The van der Waals surface area contributed by atoms with Gasteiger partial charge >= 0.3 is 6.03 Å². The van der Waals surface area contributed by atoms with Crippen LogP contribution < -0.4 is 15.0 Å². The molecule has 1 fully saturated rings. The number of nitrogens with one attached hydrogen (secondary N) is 1. The van der Waals surface area contributed by atoms with Crippen molar-refractivity contribution in [1.29, 1.82) is 0 Å². The van der Waals surface area contributed by atoms with Gasteiger partial charge in [-0.25, -0.2) is 9.69 Å². The highest BCUT2D eigenvalue weighted by molar-refractivity contribution is 6.39. The molecule has 0 spiro atoms. The van der Waals surface area contributed by atoms with Gasteiger partial charge in [0.2, 0.25) is 0 Å². The van der Waals surface area contributed by atoms with E-state index in [0.717, 1.165) is 10.6 Å². The lowest BCUT2D eigenvalue weighted by molar-refractivity contribution is -0.384. The van der Waals surface area contributed by atoms with E-state index in [1.54, 1.807) is 54.0 Å². The number of carbonyl (C=O) groups excluding carboxylic acids is 3. The highest BCUT2D eigenvalue weighted by atomic mass is 16.6. The number of carbonyl (C=O) groups is 3. The summed E-state index contributed by atoms with van der Waals surface area (Å²) in [5.41, 5.74) is 2.58. The molecule has 1 aliphatic heterocycles. The summed E-state index contributed by atoms with van der Waals surface area (Å²) in [5, 5.41) is 13.4. The maximum Gasteiger partial charge on any atom is 0.335 e. The molecule has 0 radical (unpaired) electrons. The van der Waals surface area contributed by atoms with E-state index in [-0.39, 0.29) is 16.9 Å². The van der Waals surface area contributed by atoms with E-state index in [0.29, 0.717) is 29.3 Å². The lowest BCUT2D eigenvalue weighted by Gasteiger charge is -2.26. The van der Waals surface area contributed by atoms with Crippen molar-refractivity contribution in [2.24, 2.45) is 0 Å². The Labute approximate surface area is 200 Å². The third-order valence-electron chi connectivity index (χ3n) is 5.58. The topological polar surface area (TPSA) is 124 Å². The van der Waals surface area contributed by atoms with Crippen LogP contribution >= 0.6 is 0 Å². The zero-order valence-corrected chi connectivity index (χ0v) is 19.3. The first-order valence-electron chi connectivity index (χ1n) is 10.8. The summed E-state index contributed by atoms with van der Waals surface area (Å²) in [6, 6.07) is 13.5. The number of aromatic nitrogens is 1. The third-order valence-corrected chi connectivity index (χ3v) is 5.58. The normalized spacial score (nSPS) is 14.9. The molecule has 0 aliphatic carbocycles. The predicted octanol–water partition coefficient (Wildman–Crippen LogP) is 4.07. The highest BCUT2D eigenvalue weighted by Gasteiger charge is 2.37. The van der Waals surface area contributed by atoms with Crippen LogP contribution in [0.2, 0.25) is 0 Å². The molecular formula is C25H22N4O6. The number of amides is 4. The minimum absolute atomic E-state index is 0.0544. The van der Waals surface area contributed by atoms with Gasteiger partial charge in [0.05, 0.1) is 22.9 Å². The quantitative estimate of drug-likeness (QED) is 0.249. The van der Waals surface area contributed by atoms with Crippen LogP contribution in [0.15, 0.2) is 60.2 Å². The first kappa shape index (κ1) is 23.4. The van der Waals surface area contributed by atoms with Gasteiger partial charge in [-0.15, -0.1) is 0 Å². The van der Waals surface area contributed by atoms with Crippen LogP contribution in [-0.2, 0) is 9.59 Å². The Morgan fingerprint density at radius 3 is 2.40 bits per heavy atom. The van der Waals surface area contributed by atoms with Gasteiger partial charge in [-0.05, 0) is 68.8 Å². The van der Waals surface area contributed by atoms with E-state index in [9.17, 15) is 24.5 Å². The van der Waals surface area contributed by atoms with E-state index in [4.69, 9.17) is 4.74 Å². The summed E-state index contributed by atoms with van der Waals surface area (Å²) in [4.78, 5) is 49.9. The minimum atomic E-state index is -0.844. The molecule has 178 valence electrons. The summed E-state index contributed by atoms with van der Waals surface area (Å²) >= 11 is 0. The SMILES string of the molecule is CCOc1ccc(N2C(=O)NC(=O)/C(=C\c3cc(C)n(-c4cccc([N+](=O)[O-])c4)c3C)C2=O)cc1.